The molecule has 7 heteroatoms. The van der Waals surface area contributed by atoms with E-state index in [1.54, 1.807) is 14.1 Å². The molecule has 1 N–H and O–H groups in total. The van der Waals surface area contributed by atoms with Crippen LogP contribution < -0.4 is 5.32 Å². The van der Waals surface area contributed by atoms with E-state index in [9.17, 15) is 8.42 Å². The minimum atomic E-state index is -3.32. The molecular weight excluding hydrogens is 288 g/mol. The summed E-state index contributed by atoms with van der Waals surface area (Å²) in [6.45, 7) is 8.24. The molecule has 1 saturated heterocycles. The van der Waals surface area contributed by atoms with Crippen molar-refractivity contribution in [3.8, 4) is 0 Å². The molecule has 0 aliphatic carbocycles. The molecule has 21 heavy (non-hydrogen) atoms. The Labute approximate surface area is 130 Å². The third kappa shape index (κ3) is 6.20. The smallest absolute Gasteiger partial charge is 0.281 e. The number of nitrogens with one attached hydrogen (secondary N) is 1. The van der Waals surface area contributed by atoms with Crippen molar-refractivity contribution < 1.29 is 8.42 Å². The highest BCUT2D eigenvalue weighted by molar-refractivity contribution is 7.86. The molecule has 1 aliphatic heterocycles. The van der Waals surface area contributed by atoms with E-state index in [-0.39, 0.29) is 0 Å². The summed E-state index contributed by atoms with van der Waals surface area (Å²) < 4.78 is 27.9. The normalized spacial score (nSPS) is 21.0. The van der Waals surface area contributed by atoms with E-state index in [1.807, 2.05) is 0 Å². The fraction of sp³-hybridized carbons (Fsp3) is 1.00. The standard InChI is InChI=1S/C14H32N4O2S/c1-13(2)15-8-6-9-17(4)21(19,20)18(5)12-14-7-10-16(3)11-14/h13-15H,6-12H2,1-5H3. The fourth-order valence-corrected chi connectivity index (χ4v) is 3.91. The van der Waals surface area contributed by atoms with Crippen LogP contribution >= 0.6 is 0 Å². The molecular formula is C14H32N4O2S. The molecule has 0 aromatic carbocycles. The Balaban J connectivity index is 2.39. The summed E-state index contributed by atoms with van der Waals surface area (Å²) in [5.74, 6) is 0.450. The van der Waals surface area contributed by atoms with E-state index in [1.165, 1.54) is 8.61 Å². The lowest BCUT2D eigenvalue weighted by Crippen LogP contribution is -2.43. The highest BCUT2D eigenvalue weighted by Crippen LogP contribution is 2.17. The molecule has 0 aromatic heterocycles. The molecule has 0 bridgehead atoms. The van der Waals surface area contributed by atoms with Crippen LogP contribution in [-0.4, -0.2) is 81.8 Å². The van der Waals surface area contributed by atoms with Crippen LogP contribution in [0.1, 0.15) is 26.7 Å². The number of hydrogen-bond donors (Lipinski definition) is 1. The second kappa shape index (κ2) is 8.43. The van der Waals surface area contributed by atoms with E-state index >= 15 is 0 Å². The quantitative estimate of drug-likeness (QED) is 0.626. The summed E-state index contributed by atoms with van der Waals surface area (Å²) in [6.07, 6.45) is 1.91. The third-order valence-corrected chi connectivity index (χ3v) is 5.90. The van der Waals surface area contributed by atoms with E-state index in [2.05, 4.69) is 31.1 Å². The van der Waals surface area contributed by atoms with Gasteiger partial charge in [0, 0.05) is 39.8 Å². The second-order valence-corrected chi connectivity index (χ2v) is 8.63. The first-order valence-electron chi connectivity index (χ1n) is 7.83. The summed E-state index contributed by atoms with van der Waals surface area (Å²) in [4.78, 5) is 2.26. The Hall–Kier alpha value is -0.210. The first-order chi connectivity index (χ1) is 9.73. The molecule has 0 aromatic rings. The van der Waals surface area contributed by atoms with E-state index in [0.29, 0.717) is 25.0 Å². The number of rotatable bonds is 9. The van der Waals surface area contributed by atoms with Gasteiger partial charge in [-0.2, -0.15) is 17.0 Å². The summed E-state index contributed by atoms with van der Waals surface area (Å²) in [6, 6.07) is 0.439. The van der Waals surface area contributed by atoms with Gasteiger partial charge in [0.15, 0.2) is 0 Å². The number of nitrogens with zero attached hydrogens (tertiary/aromatic N) is 3. The molecule has 0 saturated carbocycles. The van der Waals surface area contributed by atoms with Gasteiger partial charge in [-0.15, -0.1) is 0 Å². The van der Waals surface area contributed by atoms with Gasteiger partial charge in [-0.1, -0.05) is 13.8 Å². The zero-order valence-corrected chi connectivity index (χ0v) is 15.0. The lowest BCUT2D eigenvalue weighted by molar-refractivity contribution is 0.335. The predicted molar refractivity (Wildman–Crippen MR) is 87.5 cm³/mol. The zero-order valence-electron chi connectivity index (χ0n) is 14.2. The Morgan fingerprint density at radius 1 is 1.29 bits per heavy atom. The van der Waals surface area contributed by atoms with Crippen LogP contribution in [0, 0.1) is 5.92 Å². The van der Waals surface area contributed by atoms with Crippen molar-refractivity contribution in [2.45, 2.75) is 32.7 Å². The molecule has 1 aliphatic rings. The largest absolute Gasteiger partial charge is 0.314 e. The van der Waals surface area contributed by atoms with Gasteiger partial charge in [-0.3, -0.25) is 0 Å². The molecule has 126 valence electrons. The lowest BCUT2D eigenvalue weighted by Gasteiger charge is -2.26. The molecule has 1 heterocycles. The zero-order chi connectivity index (χ0) is 16.0. The van der Waals surface area contributed by atoms with Gasteiger partial charge in [-0.25, -0.2) is 0 Å². The average Bonchev–Trinajstić information content (AvgIpc) is 2.79. The maximum atomic E-state index is 12.4. The monoisotopic (exact) mass is 320 g/mol. The molecule has 1 rings (SSSR count). The Kier molecular flexibility index (Phi) is 7.56. The van der Waals surface area contributed by atoms with Crippen molar-refractivity contribution in [1.29, 1.82) is 0 Å². The summed E-state index contributed by atoms with van der Waals surface area (Å²) in [5.41, 5.74) is 0. The first-order valence-corrected chi connectivity index (χ1v) is 9.22. The third-order valence-electron chi connectivity index (χ3n) is 3.99. The minimum Gasteiger partial charge on any atom is -0.314 e. The van der Waals surface area contributed by atoms with E-state index in [0.717, 1.165) is 32.5 Å². The van der Waals surface area contributed by atoms with Crippen molar-refractivity contribution >= 4 is 10.2 Å². The van der Waals surface area contributed by atoms with Crippen molar-refractivity contribution in [2.75, 3.05) is 53.9 Å². The van der Waals surface area contributed by atoms with Gasteiger partial charge in [-0.05, 0) is 38.9 Å². The van der Waals surface area contributed by atoms with Crippen molar-refractivity contribution in [3.05, 3.63) is 0 Å². The van der Waals surface area contributed by atoms with Gasteiger partial charge >= 0.3 is 0 Å². The molecule has 1 fully saturated rings. The number of likely N-dealkylation sites (tertiary alicyclic amines) is 1. The van der Waals surface area contributed by atoms with Crippen LogP contribution in [0.15, 0.2) is 0 Å². The molecule has 0 amide bonds. The highest BCUT2D eigenvalue weighted by Gasteiger charge is 2.28. The number of hydrogen-bond acceptors (Lipinski definition) is 4. The molecule has 0 radical (unpaired) electrons. The summed E-state index contributed by atoms with van der Waals surface area (Å²) >= 11 is 0. The minimum absolute atomic E-state index is 0.439. The topological polar surface area (TPSA) is 55.9 Å². The molecule has 1 unspecified atom stereocenters. The van der Waals surface area contributed by atoms with Gasteiger partial charge in [0.2, 0.25) is 0 Å². The van der Waals surface area contributed by atoms with Crippen LogP contribution in [0.25, 0.3) is 0 Å². The predicted octanol–water partition coefficient (Wildman–Crippen LogP) is 0.435. The van der Waals surface area contributed by atoms with Gasteiger partial charge < -0.3 is 10.2 Å². The SMILES string of the molecule is CC(C)NCCCN(C)S(=O)(=O)N(C)CC1CCN(C)C1. The summed E-state index contributed by atoms with van der Waals surface area (Å²) in [5, 5.41) is 3.30. The maximum absolute atomic E-state index is 12.4. The summed E-state index contributed by atoms with van der Waals surface area (Å²) in [7, 11) is 2.12. The van der Waals surface area contributed by atoms with Gasteiger partial charge in [0.25, 0.3) is 10.2 Å². The molecule has 1 atom stereocenters. The average molecular weight is 321 g/mol. The second-order valence-electron chi connectivity index (χ2n) is 6.49. The van der Waals surface area contributed by atoms with Crippen molar-refractivity contribution in [1.82, 2.24) is 18.8 Å². The van der Waals surface area contributed by atoms with Gasteiger partial charge in [0.1, 0.15) is 0 Å². The highest BCUT2D eigenvalue weighted by atomic mass is 32.2. The van der Waals surface area contributed by atoms with Gasteiger partial charge in [0.05, 0.1) is 0 Å². The van der Waals surface area contributed by atoms with E-state index in [4.69, 9.17) is 0 Å². The van der Waals surface area contributed by atoms with Crippen molar-refractivity contribution in [3.63, 3.8) is 0 Å². The fourth-order valence-electron chi connectivity index (χ4n) is 2.68. The Morgan fingerprint density at radius 3 is 2.48 bits per heavy atom. The Bertz CT molecular complexity index is 400. The maximum Gasteiger partial charge on any atom is 0.281 e. The van der Waals surface area contributed by atoms with Crippen LogP contribution in [-0.2, 0) is 10.2 Å². The molecule has 0 spiro atoms. The molecule has 6 nitrogen and oxygen atoms in total. The van der Waals surface area contributed by atoms with Crippen LogP contribution in [0.3, 0.4) is 0 Å². The van der Waals surface area contributed by atoms with E-state index < -0.39 is 10.2 Å². The Morgan fingerprint density at radius 2 is 1.95 bits per heavy atom. The van der Waals surface area contributed by atoms with Crippen LogP contribution in [0.4, 0.5) is 0 Å². The van der Waals surface area contributed by atoms with Crippen molar-refractivity contribution in [2.24, 2.45) is 5.92 Å². The first kappa shape index (κ1) is 18.8. The lowest BCUT2D eigenvalue weighted by atomic mass is 10.1. The van der Waals surface area contributed by atoms with Crippen LogP contribution in [0.5, 0.6) is 0 Å². The van der Waals surface area contributed by atoms with Crippen LogP contribution in [0.2, 0.25) is 0 Å².